The van der Waals surface area contributed by atoms with Crippen LogP contribution >= 0.6 is 0 Å². The third-order valence-electron chi connectivity index (χ3n) is 3.06. The standard InChI is InChI=1S/C14H26N4O2S/c1-3-9-15-10-6-13-18(2)21(19,20)17-12-8-14-7-4-5-11-16-14/h4-5,7,11,15,17H,3,6,8-10,12-13H2,1-2H3. The first-order chi connectivity index (χ1) is 10.1. The molecule has 0 fully saturated rings. The van der Waals surface area contributed by atoms with Gasteiger partial charge in [0.1, 0.15) is 0 Å². The van der Waals surface area contributed by atoms with Gasteiger partial charge in [0.2, 0.25) is 0 Å². The Bertz CT molecular complexity index is 479. The molecule has 0 unspecified atom stereocenters. The first-order valence-corrected chi connectivity index (χ1v) is 8.82. The van der Waals surface area contributed by atoms with Gasteiger partial charge in [-0.25, -0.2) is 4.72 Å². The first kappa shape index (κ1) is 18.0. The van der Waals surface area contributed by atoms with Gasteiger partial charge in [-0.1, -0.05) is 13.0 Å². The molecule has 0 aromatic carbocycles. The molecule has 0 atom stereocenters. The van der Waals surface area contributed by atoms with Crippen molar-refractivity contribution in [1.82, 2.24) is 19.3 Å². The SMILES string of the molecule is CCCNCCCN(C)S(=O)(=O)NCCc1ccccn1. The summed E-state index contributed by atoms with van der Waals surface area (Å²) < 4.78 is 28.0. The lowest BCUT2D eigenvalue weighted by molar-refractivity contribution is 0.444. The number of aromatic nitrogens is 1. The summed E-state index contributed by atoms with van der Waals surface area (Å²) in [7, 11) is -1.80. The molecule has 1 aromatic heterocycles. The van der Waals surface area contributed by atoms with E-state index in [2.05, 4.69) is 21.9 Å². The van der Waals surface area contributed by atoms with Crippen LogP contribution in [0.5, 0.6) is 0 Å². The third kappa shape index (κ3) is 7.52. The minimum atomic E-state index is -3.40. The molecular formula is C14H26N4O2S. The van der Waals surface area contributed by atoms with Crippen LogP contribution in [0.15, 0.2) is 24.4 Å². The second-order valence-electron chi connectivity index (χ2n) is 4.90. The average Bonchev–Trinajstić information content (AvgIpc) is 2.47. The van der Waals surface area contributed by atoms with Crippen LogP contribution in [0, 0.1) is 0 Å². The Morgan fingerprint density at radius 1 is 1.24 bits per heavy atom. The fourth-order valence-electron chi connectivity index (χ4n) is 1.81. The zero-order chi connectivity index (χ0) is 15.6. The van der Waals surface area contributed by atoms with Crippen LogP contribution in [0.4, 0.5) is 0 Å². The van der Waals surface area contributed by atoms with Crippen molar-refractivity contribution in [2.75, 3.05) is 33.2 Å². The molecule has 0 aliphatic rings. The maximum atomic E-state index is 12.0. The van der Waals surface area contributed by atoms with Crippen LogP contribution in [-0.2, 0) is 16.6 Å². The monoisotopic (exact) mass is 314 g/mol. The summed E-state index contributed by atoms with van der Waals surface area (Å²) in [4.78, 5) is 4.16. The van der Waals surface area contributed by atoms with Crippen molar-refractivity contribution in [2.45, 2.75) is 26.2 Å². The van der Waals surface area contributed by atoms with Gasteiger partial charge in [-0.05, 0) is 38.1 Å². The summed E-state index contributed by atoms with van der Waals surface area (Å²) in [6.45, 7) is 4.78. The molecule has 0 aliphatic heterocycles. The van der Waals surface area contributed by atoms with Gasteiger partial charge in [-0.3, -0.25) is 4.98 Å². The summed E-state index contributed by atoms with van der Waals surface area (Å²) in [6.07, 6.45) is 4.19. The van der Waals surface area contributed by atoms with Gasteiger partial charge in [-0.2, -0.15) is 12.7 Å². The highest BCUT2D eigenvalue weighted by molar-refractivity contribution is 7.87. The van der Waals surface area contributed by atoms with Gasteiger partial charge in [0.05, 0.1) is 0 Å². The fraction of sp³-hybridized carbons (Fsp3) is 0.643. The Balaban J connectivity index is 2.25. The summed E-state index contributed by atoms with van der Waals surface area (Å²) in [6, 6.07) is 5.62. The van der Waals surface area contributed by atoms with Crippen LogP contribution in [-0.4, -0.2) is 50.9 Å². The molecule has 6 nitrogen and oxygen atoms in total. The normalized spacial score (nSPS) is 12.0. The van der Waals surface area contributed by atoms with E-state index in [-0.39, 0.29) is 0 Å². The predicted octanol–water partition coefficient (Wildman–Crippen LogP) is 0.780. The van der Waals surface area contributed by atoms with Crippen molar-refractivity contribution in [3.63, 3.8) is 0 Å². The van der Waals surface area contributed by atoms with Crippen LogP contribution in [0.2, 0.25) is 0 Å². The molecule has 0 saturated carbocycles. The Kier molecular flexibility index (Phi) is 8.44. The summed E-state index contributed by atoms with van der Waals surface area (Å²) in [5.74, 6) is 0. The molecule has 0 bridgehead atoms. The van der Waals surface area contributed by atoms with E-state index in [0.29, 0.717) is 19.5 Å². The van der Waals surface area contributed by atoms with Gasteiger partial charge >= 0.3 is 0 Å². The Hall–Kier alpha value is -1.02. The fourth-order valence-corrected chi connectivity index (χ4v) is 2.76. The van der Waals surface area contributed by atoms with Crippen LogP contribution < -0.4 is 10.0 Å². The van der Waals surface area contributed by atoms with Crippen molar-refractivity contribution in [2.24, 2.45) is 0 Å². The molecule has 21 heavy (non-hydrogen) atoms. The maximum absolute atomic E-state index is 12.0. The van der Waals surface area contributed by atoms with Gasteiger partial charge in [0.15, 0.2) is 0 Å². The van der Waals surface area contributed by atoms with Crippen molar-refractivity contribution >= 4 is 10.2 Å². The highest BCUT2D eigenvalue weighted by Gasteiger charge is 2.16. The van der Waals surface area contributed by atoms with E-state index in [1.54, 1.807) is 13.2 Å². The van der Waals surface area contributed by atoms with Crippen molar-refractivity contribution < 1.29 is 8.42 Å². The average molecular weight is 314 g/mol. The predicted molar refractivity (Wildman–Crippen MR) is 85.3 cm³/mol. The lowest BCUT2D eigenvalue weighted by Crippen LogP contribution is -2.40. The van der Waals surface area contributed by atoms with Gasteiger partial charge in [0, 0.05) is 38.4 Å². The molecule has 0 radical (unpaired) electrons. The molecule has 0 aliphatic carbocycles. The van der Waals surface area contributed by atoms with Crippen molar-refractivity contribution in [3.8, 4) is 0 Å². The topological polar surface area (TPSA) is 74.3 Å². The smallest absolute Gasteiger partial charge is 0.279 e. The van der Waals surface area contributed by atoms with Crippen LogP contribution in [0.3, 0.4) is 0 Å². The van der Waals surface area contributed by atoms with Gasteiger partial charge in [-0.15, -0.1) is 0 Å². The number of hydrogen-bond donors (Lipinski definition) is 2. The van der Waals surface area contributed by atoms with Crippen LogP contribution in [0.1, 0.15) is 25.5 Å². The number of pyridine rings is 1. The molecule has 2 N–H and O–H groups in total. The number of nitrogens with one attached hydrogen (secondary N) is 2. The quantitative estimate of drug-likeness (QED) is 0.592. The summed E-state index contributed by atoms with van der Waals surface area (Å²) in [5, 5.41) is 3.26. The van der Waals surface area contributed by atoms with Gasteiger partial charge < -0.3 is 5.32 Å². The lowest BCUT2D eigenvalue weighted by atomic mass is 10.3. The number of rotatable bonds is 11. The first-order valence-electron chi connectivity index (χ1n) is 7.38. The third-order valence-corrected chi connectivity index (χ3v) is 4.63. The Labute approximate surface area is 128 Å². The van der Waals surface area contributed by atoms with E-state index in [9.17, 15) is 8.42 Å². The molecular weight excluding hydrogens is 288 g/mol. The molecule has 0 spiro atoms. The van der Waals surface area contributed by atoms with E-state index in [4.69, 9.17) is 0 Å². The van der Waals surface area contributed by atoms with Crippen molar-refractivity contribution in [3.05, 3.63) is 30.1 Å². The number of nitrogens with zero attached hydrogens (tertiary/aromatic N) is 2. The van der Waals surface area contributed by atoms with E-state index >= 15 is 0 Å². The largest absolute Gasteiger partial charge is 0.317 e. The lowest BCUT2D eigenvalue weighted by Gasteiger charge is -2.17. The molecule has 1 aromatic rings. The molecule has 1 heterocycles. The Morgan fingerprint density at radius 3 is 2.71 bits per heavy atom. The minimum absolute atomic E-state index is 0.359. The van der Waals surface area contributed by atoms with E-state index in [1.807, 2.05) is 18.2 Å². The van der Waals surface area contributed by atoms with E-state index in [0.717, 1.165) is 31.6 Å². The summed E-state index contributed by atoms with van der Waals surface area (Å²) >= 11 is 0. The molecule has 1 rings (SSSR count). The zero-order valence-corrected chi connectivity index (χ0v) is 13.7. The van der Waals surface area contributed by atoms with Crippen LogP contribution in [0.25, 0.3) is 0 Å². The molecule has 7 heteroatoms. The molecule has 0 amide bonds. The molecule has 120 valence electrons. The zero-order valence-electron chi connectivity index (χ0n) is 12.9. The second-order valence-corrected chi connectivity index (χ2v) is 6.76. The maximum Gasteiger partial charge on any atom is 0.279 e. The van der Waals surface area contributed by atoms with E-state index < -0.39 is 10.2 Å². The van der Waals surface area contributed by atoms with Crippen molar-refractivity contribution in [1.29, 1.82) is 0 Å². The highest BCUT2D eigenvalue weighted by atomic mass is 32.2. The second kappa shape index (κ2) is 9.83. The summed E-state index contributed by atoms with van der Waals surface area (Å²) in [5.41, 5.74) is 0.881. The van der Waals surface area contributed by atoms with Gasteiger partial charge in [0.25, 0.3) is 10.2 Å². The Morgan fingerprint density at radius 2 is 2.05 bits per heavy atom. The molecule has 0 saturated heterocycles. The minimum Gasteiger partial charge on any atom is -0.317 e. The number of hydrogen-bond acceptors (Lipinski definition) is 4. The highest BCUT2D eigenvalue weighted by Crippen LogP contribution is 1.98. The van der Waals surface area contributed by atoms with E-state index in [1.165, 1.54) is 4.31 Å².